The van der Waals surface area contributed by atoms with Gasteiger partial charge in [-0.1, -0.05) is 0 Å². The molecule has 1 rings (SSSR count). The number of aliphatic hydroxyl groups excluding tert-OH is 1. The van der Waals surface area contributed by atoms with Crippen LogP contribution in [-0.2, 0) is 9.47 Å². The molecular weight excluding hydrogens is 194 g/mol. The minimum absolute atomic E-state index is 0.0560. The van der Waals surface area contributed by atoms with E-state index in [1.807, 2.05) is 13.8 Å². The molecule has 1 aliphatic rings. The normalized spacial score (nSPS) is 20.2. The van der Waals surface area contributed by atoms with Gasteiger partial charge in [0.1, 0.15) is 0 Å². The molecule has 4 nitrogen and oxygen atoms in total. The Morgan fingerprint density at radius 3 is 2.73 bits per heavy atom. The maximum Gasteiger partial charge on any atom is 0.0897 e. The molecule has 1 fully saturated rings. The molecule has 0 heterocycles. The molecular formula is C11H23NO3. The summed E-state index contributed by atoms with van der Waals surface area (Å²) < 4.78 is 10.7. The Bertz CT molecular complexity index is 162. The van der Waals surface area contributed by atoms with Crippen molar-refractivity contribution in [1.29, 1.82) is 0 Å². The Morgan fingerprint density at radius 2 is 2.13 bits per heavy atom. The first kappa shape index (κ1) is 12.9. The number of ether oxygens (including phenoxy) is 2. The Kier molecular flexibility index (Phi) is 6.17. The van der Waals surface area contributed by atoms with Gasteiger partial charge in [-0.3, -0.25) is 0 Å². The average molecular weight is 217 g/mol. The van der Waals surface area contributed by atoms with Gasteiger partial charge >= 0.3 is 0 Å². The first-order chi connectivity index (χ1) is 7.22. The highest BCUT2D eigenvalue weighted by Crippen LogP contribution is 2.18. The van der Waals surface area contributed by atoms with Crippen molar-refractivity contribution in [3.8, 4) is 0 Å². The number of aliphatic hydroxyl groups is 1. The quantitative estimate of drug-likeness (QED) is 0.592. The summed E-state index contributed by atoms with van der Waals surface area (Å²) in [4.78, 5) is 0. The molecule has 0 radical (unpaired) electrons. The molecule has 0 aromatic heterocycles. The van der Waals surface area contributed by atoms with Crippen molar-refractivity contribution in [2.75, 3.05) is 26.4 Å². The standard InChI is InChI=1S/C11H23NO3/c1-3-14-7-9(2)15-8-11(13)6-12-10-4-5-10/h9-13H,3-8H2,1-2H3. The lowest BCUT2D eigenvalue weighted by atomic mass is 10.3. The highest BCUT2D eigenvalue weighted by Gasteiger charge is 2.21. The van der Waals surface area contributed by atoms with E-state index in [-0.39, 0.29) is 6.10 Å². The van der Waals surface area contributed by atoms with Gasteiger partial charge in [-0.05, 0) is 26.7 Å². The van der Waals surface area contributed by atoms with Crippen LogP contribution in [0.25, 0.3) is 0 Å². The first-order valence-corrected chi connectivity index (χ1v) is 5.83. The zero-order chi connectivity index (χ0) is 11.1. The van der Waals surface area contributed by atoms with Crippen molar-refractivity contribution in [2.45, 2.75) is 44.9 Å². The summed E-state index contributed by atoms with van der Waals surface area (Å²) in [5.41, 5.74) is 0. The topological polar surface area (TPSA) is 50.7 Å². The van der Waals surface area contributed by atoms with Gasteiger partial charge in [0, 0.05) is 19.2 Å². The van der Waals surface area contributed by atoms with Crippen molar-refractivity contribution in [3.63, 3.8) is 0 Å². The molecule has 2 N–H and O–H groups in total. The molecule has 0 amide bonds. The van der Waals surface area contributed by atoms with Gasteiger partial charge in [-0.2, -0.15) is 0 Å². The summed E-state index contributed by atoms with van der Waals surface area (Å²) >= 11 is 0. The Morgan fingerprint density at radius 1 is 1.40 bits per heavy atom. The fourth-order valence-electron chi connectivity index (χ4n) is 1.26. The summed E-state index contributed by atoms with van der Waals surface area (Å²) in [7, 11) is 0. The van der Waals surface area contributed by atoms with Gasteiger partial charge in [-0.25, -0.2) is 0 Å². The largest absolute Gasteiger partial charge is 0.389 e. The SMILES string of the molecule is CCOCC(C)OCC(O)CNC1CC1. The zero-order valence-electron chi connectivity index (χ0n) is 9.74. The summed E-state index contributed by atoms with van der Waals surface area (Å²) in [5.74, 6) is 0. The molecule has 15 heavy (non-hydrogen) atoms. The van der Waals surface area contributed by atoms with Gasteiger partial charge in [-0.15, -0.1) is 0 Å². The molecule has 0 aromatic carbocycles. The smallest absolute Gasteiger partial charge is 0.0897 e. The number of hydrogen-bond acceptors (Lipinski definition) is 4. The van der Waals surface area contributed by atoms with Crippen LogP contribution in [0, 0.1) is 0 Å². The lowest BCUT2D eigenvalue weighted by molar-refractivity contribution is -0.0381. The van der Waals surface area contributed by atoms with Gasteiger partial charge in [0.05, 0.1) is 25.4 Å². The molecule has 0 spiro atoms. The molecule has 1 saturated carbocycles. The van der Waals surface area contributed by atoms with E-state index in [0.717, 1.165) is 0 Å². The van der Waals surface area contributed by atoms with Crippen molar-refractivity contribution in [3.05, 3.63) is 0 Å². The molecule has 2 unspecified atom stereocenters. The minimum atomic E-state index is -0.408. The molecule has 4 heteroatoms. The number of rotatable bonds is 9. The maximum absolute atomic E-state index is 9.57. The number of hydrogen-bond donors (Lipinski definition) is 2. The summed E-state index contributed by atoms with van der Waals surface area (Å²) in [6, 6.07) is 0.639. The van der Waals surface area contributed by atoms with Crippen LogP contribution < -0.4 is 5.32 Å². The molecule has 2 atom stereocenters. The zero-order valence-corrected chi connectivity index (χ0v) is 9.74. The third kappa shape index (κ3) is 6.84. The van der Waals surface area contributed by atoms with E-state index in [0.29, 0.717) is 32.4 Å². The summed E-state index contributed by atoms with van der Waals surface area (Å²) in [6.07, 6.45) is 2.14. The minimum Gasteiger partial charge on any atom is -0.389 e. The fraction of sp³-hybridized carbons (Fsp3) is 1.00. The molecule has 0 aliphatic heterocycles. The molecule has 0 saturated heterocycles. The monoisotopic (exact) mass is 217 g/mol. The lowest BCUT2D eigenvalue weighted by Crippen LogP contribution is -2.33. The van der Waals surface area contributed by atoms with Crippen molar-refractivity contribution < 1.29 is 14.6 Å². The van der Waals surface area contributed by atoms with Crippen LogP contribution in [-0.4, -0.2) is 49.7 Å². The third-order valence-electron chi connectivity index (χ3n) is 2.35. The predicted octanol–water partition coefficient (Wildman–Crippen LogP) is 0.541. The Hall–Kier alpha value is -0.160. The van der Waals surface area contributed by atoms with Gasteiger partial charge in [0.15, 0.2) is 0 Å². The van der Waals surface area contributed by atoms with Crippen molar-refractivity contribution >= 4 is 0 Å². The third-order valence-corrected chi connectivity index (χ3v) is 2.35. The first-order valence-electron chi connectivity index (χ1n) is 5.83. The molecule has 90 valence electrons. The Balaban J connectivity index is 1.91. The van der Waals surface area contributed by atoms with Crippen LogP contribution in [0.2, 0.25) is 0 Å². The summed E-state index contributed by atoms with van der Waals surface area (Å²) in [5, 5.41) is 12.8. The van der Waals surface area contributed by atoms with Crippen LogP contribution in [0.15, 0.2) is 0 Å². The van der Waals surface area contributed by atoms with Gasteiger partial charge in [0.2, 0.25) is 0 Å². The van der Waals surface area contributed by atoms with Gasteiger partial charge in [0.25, 0.3) is 0 Å². The summed E-state index contributed by atoms with van der Waals surface area (Å²) in [6.45, 7) is 6.23. The van der Waals surface area contributed by atoms with E-state index in [9.17, 15) is 5.11 Å². The van der Waals surface area contributed by atoms with Crippen LogP contribution in [0.3, 0.4) is 0 Å². The highest BCUT2D eigenvalue weighted by molar-refractivity contribution is 4.81. The van der Waals surface area contributed by atoms with Crippen LogP contribution in [0.1, 0.15) is 26.7 Å². The molecule has 0 aromatic rings. The predicted molar refractivity (Wildman–Crippen MR) is 58.9 cm³/mol. The van der Waals surface area contributed by atoms with Crippen LogP contribution in [0.4, 0.5) is 0 Å². The van der Waals surface area contributed by atoms with E-state index >= 15 is 0 Å². The van der Waals surface area contributed by atoms with Gasteiger partial charge < -0.3 is 19.9 Å². The van der Waals surface area contributed by atoms with Crippen LogP contribution >= 0.6 is 0 Å². The Labute approximate surface area is 92.0 Å². The van der Waals surface area contributed by atoms with E-state index < -0.39 is 6.10 Å². The van der Waals surface area contributed by atoms with Crippen LogP contribution in [0.5, 0.6) is 0 Å². The van der Waals surface area contributed by atoms with E-state index in [2.05, 4.69) is 5.32 Å². The maximum atomic E-state index is 9.57. The van der Waals surface area contributed by atoms with E-state index in [1.54, 1.807) is 0 Å². The lowest BCUT2D eigenvalue weighted by Gasteiger charge is -2.16. The molecule has 0 bridgehead atoms. The second kappa shape index (κ2) is 7.17. The number of nitrogens with one attached hydrogen (secondary N) is 1. The van der Waals surface area contributed by atoms with E-state index in [1.165, 1.54) is 12.8 Å². The average Bonchev–Trinajstić information content (AvgIpc) is 3.04. The highest BCUT2D eigenvalue weighted by atomic mass is 16.5. The van der Waals surface area contributed by atoms with E-state index in [4.69, 9.17) is 9.47 Å². The fourth-order valence-corrected chi connectivity index (χ4v) is 1.26. The second-order valence-electron chi connectivity index (χ2n) is 4.14. The van der Waals surface area contributed by atoms with Crippen molar-refractivity contribution in [1.82, 2.24) is 5.32 Å². The van der Waals surface area contributed by atoms with Crippen molar-refractivity contribution in [2.24, 2.45) is 0 Å². The second-order valence-corrected chi connectivity index (χ2v) is 4.14. The molecule has 1 aliphatic carbocycles.